The average Bonchev–Trinajstić information content (AvgIpc) is 2.62. The molecule has 0 bridgehead atoms. The number of Topliss-reactive ketones (excluding diaryl/α,β-unsaturated/α-hetero) is 1. The molecule has 1 spiro atoms. The van der Waals surface area contributed by atoms with Crippen LogP contribution in [0.15, 0.2) is 0 Å². The lowest BCUT2D eigenvalue weighted by Crippen LogP contribution is -2.54. The SMILES string of the molecule is CC.CC(=O)C1CC2(CCC2)C1.CC(C)N1CCN(C2CCNCC2)CC1. The number of carbonyl (C=O) groups excluding carboxylic acids is 1. The number of carbonyl (C=O) groups is 1. The molecule has 2 aliphatic heterocycles. The number of nitrogens with zero attached hydrogens (tertiary/aromatic N) is 2. The molecule has 0 atom stereocenters. The number of ketones is 1. The molecule has 1 N–H and O–H groups in total. The number of piperazine rings is 1. The van der Waals surface area contributed by atoms with Gasteiger partial charge in [-0.2, -0.15) is 0 Å². The van der Waals surface area contributed by atoms with Crippen LogP contribution in [0.3, 0.4) is 0 Å². The van der Waals surface area contributed by atoms with Crippen molar-refractivity contribution in [3.8, 4) is 0 Å². The molecule has 0 aromatic carbocycles. The normalized spacial score (nSPS) is 26.3. The number of hydrogen-bond donors (Lipinski definition) is 1. The van der Waals surface area contributed by atoms with Crippen LogP contribution in [0, 0.1) is 11.3 Å². The van der Waals surface area contributed by atoms with Crippen LogP contribution in [-0.4, -0.2) is 66.9 Å². The number of piperidine rings is 1. The van der Waals surface area contributed by atoms with Gasteiger partial charge in [0.05, 0.1) is 0 Å². The van der Waals surface area contributed by atoms with Gasteiger partial charge in [-0.1, -0.05) is 20.3 Å². The van der Waals surface area contributed by atoms with Crippen molar-refractivity contribution < 1.29 is 4.79 Å². The molecule has 4 aliphatic rings. The topological polar surface area (TPSA) is 35.6 Å². The minimum atomic E-state index is 0.414. The maximum atomic E-state index is 10.9. The van der Waals surface area contributed by atoms with Gasteiger partial charge in [0.1, 0.15) is 5.78 Å². The summed E-state index contributed by atoms with van der Waals surface area (Å²) < 4.78 is 0. The van der Waals surface area contributed by atoms with Crippen molar-refractivity contribution in [1.29, 1.82) is 0 Å². The lowest BCUT2D eigenvalue weighted by atomic mass is 9.51. The van der Waals surface area contributed by atoms with E-state index >= 15 is 0 Å². The molecule has 4 heteroatoms. The van der Waals surface area contributed by atoms with Crippen LogP contribution in [0.5, 0.6) is 0 Å². The summed E-state index contributed by atoms with van der Waals surface area (Å²) in [6.07, 6.45) is 9.33. The van der Waals surface area contributed by atoms with Gasteiger partial charge in [-0.25, -0.2) is 0 Å². The highest BCUT2D eigenvalue weighted by Crippen LogP contribution is 2.58. The molecule has 2 aliphatic carbocycles. The molecule has 0 aromatic rings. The van der Waals surface area contributed by atoms with Crippen molar-refractivity contribution in [2.75, 3.05) is 39.3 Å². The first-order chi connectivity index (χ1) is 13.0. The molecular weight excluding hydrogens is 334 g/mol. The molecule has 27 heavy (non-hydrogen) atoms. The second-order valence-electron chi connectivity index (χ2n) is 9.22. The van der Waals surface area contributed by atoms with Crippen LogP contribution >= 0.6 is 0 Å². The molecule has 2 saturated carbocycles. The van der Waals surface area contributed by atoms with Gasteiger partial charge in [-0.05, 0) is 77.8 Å². The molecule has 158 valence electrons. The van der Waals surface area contributed by atoms with Crippen molar-refractivity contribution in [2.24, 2.45) is 11.3 Å². The molecular formula is C23H45N3O. The van der Waals surface area contributed by atoms with Gasteiger partial charge < -0.3 is 5.32 Å². The summed E-state index contributed by atoms with van der Waals surface area (Å²) in [5.74, 6) is 0.859. The fourth-order valence-corrected chi connectivity index (χ4v) is 5.15. The molecule has 2 heterocycles. The zero-order chi connectivity index (χ0) is 19.9. The van der Waals surface area contributed by atoms with Crippen LogP contribution in [0.25, 0.3) is 0 Å². The zero-order valence-corrected chi connectivity index (χ0v) is 18.7. The molecule has 4 rings (SSSR count). The fraction of sp³-hybridized carbons (Fsp3) is 0.957. The van der Waals surface area contributed by atoms with Crippen LogP contribution in [0.1, 0.15) is 79.6 Å². The maximum Gasteiger partial charge on any atom is 0.132 e. The van der Waals surface area contributed by atoms with E-state index in [1.165, 1.54) is 84.2 Å². The predicted octanol–water partition coefficient (Wildman–Crippen LogP) is 3.95. The monoisotopic (exact) mass is 379 g/mol. The summed E-state index contributed by atoms with van der Waals surface area (Å²) >= 11 is 0. The highest BCUT2D eigenvalue weighted by Gasteiger charge is 2.49. The highest BCUT2D eigenvalue weighted by molar-refractivity contribution is 5.79. The van der Waals surface area contributed by atoms with E-state index < -0.39 is 0 Å². The van der Waals surface area contributed by atoms with Crippen molar-refractivity contribution in [2.45, 2.75) is 91.6 Å². The van der Waals surface area contributed by atoms with E-state index in [2.05, 4.69) is 29.0 Å². The van der Waals surface area contributed by atoms with E-state index in [0.29, 0.717) is 17.1 Å². The predicted molar refractivity (Wildman–Crippen MR) is 115 cm³/mol. The van der Waals surface area contributed by atoms with Crippen molar-refractivity contribution in [3.05, 3.63) is 0 Å². The first-order valence-electron chi connectivity index (χ1n) is 11.7. The lowest BCUT2D eigenvalue weighted by Gasteiger charge is -2.53. The summed E-state index contributed by atoms with van der Waals surface area (Å²) in [6, 6.07) is 1.58. The minimum Gasteiger partial charge on any atom is -0.317 e. The quantitative estimate of drug-likeness (QED) is 0.805. The van der Waals surface area contributed by atoms with Crippen LogP contribution < -0.4 is 5.32 Å². The third-order valence-electron chi connectivity index (χ3n) is 7.25. The fourth-order valence-electron chi connectivity index (χ4n) is 5.15. The Kier molecular flexibility index (Phi) is 9.24. The van der Waals surface area contributed by atoms with E-state index in [1.54, 1.807) is 6.92 Å². The van der Waals surface area contributed by atoms with E-state index in [0.717, 1.165) is 12.1 Å². The van der Waals surface area contributed by atoms with Crippen LogP contribution in [0.4, 0.5) is 0 Å². The van der Waals surface area contributed by atoms with Gasteiger partial charge in [0.2, 0.25) is 0 Å². The summed E-state index contributed by atoms with van der Waals surface area (Å²) in [5, 5.41) is 3.44. The standard InChI is InChI=1S/C12H25N3.C9H14O.C2H6/c1-11(2)14-7-9-15(10-8-14)12-3-5-13-6-4-12;1-7(10)8-5-9(6-8)3-2-4-9;1-2/h11-13H,3-10H2,1-2H3;8H,2-6H2,1H3;1-2H3. The van der Waals surface area contributed by atoms with E-state index in [4.69, 9.17) is 0 Å². The minimum absolute atomic E-state index is 0.414. The second-order valence-corrected chi connectivity index (χ2v) is 9.22. The Hall–Kier alpha value is -0.450. The van der Waals surface area contributed by atoms with Gasteiger partial charge in [-0.3, -0.25) is 14.6 Å². The molecule has 0 amide bonds. The molecule has 0 unspecified atom stereocenters. The van der Waals surface area contributed by atoms with Crippen LogP contribution in [-0.2, 0) is 4.79 Å². The Morgan fingerprint density at radius 1 is 1.00 bits per heavy atom. The van der Waals surface area contributed by atoms with Gasteiger partial charge in [0.25, 0.3) is 0 Å². The summed E-state index contributed by atoms with van der Waals surface area (Å²) in [5.41, 5.74) is 0.677. The summed E-state index contributed by atoms with van der Waals surface area (Å²) in [7, 11) is 0. The highest BCUT2D eigenvalue weighted by atomic mass is 16.1. The first-order valence-corrected chi connectivity index (χ1v) is 11.7. The molecule has 4 fully saturated rings. The maximum absolute atomic E-state index is 10.9. The Labute approximate surface area is 168 Å². The van der Waals surface area contributed by atoms with E-state index in [-0.39, 0.29) is 0 Å². The number of hydrogen-bond acceptors (Lipinski definition) is 4. The van der Waals surface area contributed by atoms with Crippen molar-refractivity contribution >= 4 is 5.78 Å². The van der Waals surface area contributed by atoms with E-state index in [1.807, 2.05) is 13.8 Å². The Morgan fingerprint density at radius 2 is 1.56 bits per heavy atom. The van der Waals surface area contributed by atoms with Gasteiger partial charge in [-0.15, -0.1) is 0 Å². The largest absolute Gasteiger partial charge is 0.317 e. The third-order valence-corrected chi connectivity index (χ3v) is 7.25. The Morgan fingerprint density at radius 3 is 1.96 bits per heavy atom. The lowest BCUT2D eigenvalue weighted by molar-refractivity contribution is -0.132. The molecule has 2 saturated heterocycles. The first kappa shape index (κ1) is 22.8. The third kappa shape index (κ3) is 6.27. The Bertz CT molecular complexity index is 425. The van der Waals surface area contributed by atoms with E-state index in [9.17, 15) is 4.79 Å². The van der Waals surface area contributed by atoms with Crippen LogP contribution in [0.2, 0.25) is 0 Å². The van der Waals surface area contributed by atoms with Crippen molar-refractivity contribution in [1.82, 2.24) is 15.1 Å². The molecule has 0 radical (unpaired) electrons. The molecule has 4 nitrogen and oxygen atoms in total. The van der Waals surface area contributed by atoms with Gasteiger partial charge in [0, 0.05) is 44.2 Å². The summed E-state index contributed by atoms with van der Waals surface area (Å²) in [4.78, 5) is 16.2. The van der Waals surface area contributed by atoms with Crippen molar-refractivity contribution in [3.63, 3.8) is 0 Å². The average molecular weight is 380 g/mol. The molecule has 0 aromatic heterocycles. The number of rotatable bonds is 3. The van der Waals surface area contributed by atoms with Gasteiger partial charge >= 0.3 is 0 Å². The smallest absolute Gasteiger partial charge is 0.132 e. The van der Waals surface area contributed by atoms with Gasteiger partial charge in [0.15, 0.2) is 0 Å². The Balaban J connectivity index is 0.000000189. The summed E-state index contributed by atoms with van der Waals surface area (Å²) in [6.45, 7) is 17.9. The number of nitrogens with one attached hydrogen (secondary N) is 1. The second kappa shape index (κ2) is 10.9. The zero-order valence-electron chi connectivity index (χ0n) is 18.7.